The van der Waals surface area contributed by atoms with Crippen LogP contribution in [0.4, 0.5) is 0 Å². The topological polar surface area (TPSA) is 55.6 Å². The summed E-state index contributed by atoms with van der Waals surface area (Å²) < 4.78 is 10.8. The number of carbonyl (C=O) groups is 1. The fourth-order valence-corrected chi connectivity index (χ4v) is 2.73. The Bertz CT molecular complexity index is 682. The van der Waals surface area contributed by atoms with E-state index < -0.39 is 0 Å². The zero-order chi connectivity index (χ0) is 16.2. The molecule has 0 saturated heterocycles. The second-order valence-electron chi connectivity index (χ2n) is 5.57. The summed E-state index contributed by atoms with van der Waals surface area (Å²) in [6, 6.07) is 9.79. The number of hydrogen-bond acceptors (Lipinski definition) is 4. The van der Waals surface area contributed by atoms with Gasteiger partial charge in [0.25, 0.3) is 0 Å². The summed E-state index contributed by atoms with van der Waals surface area (Å²) in [6.07, 6.45) is 2.45. The van der Waals surface area contributed by atoms with Crippen LogP contribution in [0.1, 0.15) is 25.0 Å². The summed E-state index contributed by atoms with van der Waals surface area (Å²) in [5.41, 5.74) is 1.58. The number of para-hydroxylation sites is 1. The normalized spacial score (nSPS) is 13.8. The minimum absolute atomic E-state index is 0.0735. The van der Waals surface area contributed by atoms with E-state index in [9.17, 15) is 4.79 Å². The van der Waals surface area contributed by atoms with Crippen LogP contribution in [0.5, 0.6) is 5.75 Å². The van der Waals surface area contributed by atoms with E-state index in [1.807, 2.05) is 35.2 Å². The van der Waals surface area contributed by atoms with Crippen molar-refractivity contribution in [2.45, 2.75) is 31.8 Å². The van der Waals surface area contributed by atoms with Crippen molar-refractivity contribution in [2.75, 3.05) is 13.0 Å². The highest BCUT2D eigenvalue weighted by Gasteiger charge is 2.32. The quantitative estimate of drug-likeness (QED) is 0.727. The molecule has 1 amide bonds. The lowest BCUT2D eigenvalue weighted by Crippen LogP contribution is -2.32. The van der Waals surface area contributed by atoms with Gasteiger partial charge in [0, 0.05) is 24.4 Å². The fourth-order valence-electron chi connectivity index (χ4n) is 2.57. The molecule has 1 aromatic carbocycles. The van der Waals surface area contributed by atoms with Crippen molar-refractivity contribution < 1.29 is 14.1 Å². The van der Waals surface area contributed by atoms with Crippen LogP contribution in [0.2, 0.25) is 0 Å². The predicted molar refractivity (Wildman–Crippen MR) is 87.4 cm³/mol. The summed E-state index contributed by atoms with van der Waals surface area (Å²) in [7, 11) is 1.62. The second-order valence-corrected chi connectivity index (χ2v) is 5.95. The highest BCUT2D eigenvalue weighted by molar-refractivity contribution is 6.18. The Kier molecular flexibility index (Phi) is 4.86. The van der Waals surface area contributed by atoms with Crippen molar-refractivity contribution in [3.05, 3.63) is 36.0 Å². The molecule has 5 nitrogen and oxygen atoms in total. The zero-order valence-electron chi connectivity index (χ0n) is 13.0. The van der Waals surface area contributed by atoms with Crippen LogP contribution in [0.3, 0.4) is 0 Å². The summed E-state index contributed by atoms with van der Waals surface area (Å²) in [4.78, 5) is 14.0. The van der Waals surface area contributed by atoms with E-state index in [0.717, 1.165) is 29.8 Å². The molecule has 3 rings (SSSR count). The molecule has 1 heterocycles. The van der Waals surface area contributed by atoms with E-state index in [2.05, 4.69) is 5.16 Å². The van der Waals surface area contributed by atoms with Crippen LogP contribution >= 0.6 is 11.6 Å². The van der Waals surface area contributed by atoms with Crippen LogP contribution in [0.25, 0.3) is 11.3 Å². The van der Waals surface area contributed by atoms with E-state index in [4.69, 9.17) is 20.9 Å². The van der Waals surface area contributed by atoms with Crippen molar-refractivity contribution in [2.24, 2.45) is 0 Å². The van der Waals surface area contributed by atoms with Crippen molar-refractivity contribution in [3.8, 4) is 17.1 Å². The summed E-state index contributed by atoms with van der Waals surface area (Å²) >= 11 is 5.69. The highest BCUT2D eigenvalue weighted by Crippen LogP contribution is 2.32. The lowest BCUT2D eigenvalue weighted by molar-refractivity contribution is -0.132. The van der Waals surface area contributed by atoms with Crippen LogP contribution < -0.4 is 4.74 Å². The number of alkyl halides is 1. The van der Waals surface area contributed by atoms with Crippen LogP contribution in [0, 0.1) is 0 Å². The maximum Gasteiger partial charge on any atom is 0.224 e. The third-order valence-corrected chi connectivity index (χ3v) is 4.07. The van der Waals surface area contributed by atoms with Gasteiger partial charge >= 0.3 is 0 Å². The number of carbonyl (C=O) groups excluding carboxylic acids is 1. The Morgan fingerprint density at radius 1 is 1.43 bits per heavy atom. The number of nitrogens with zero attached hydrogens (tertiary/aromatic N) is 2. The first-order valence-electron chi connectivity index (χ1n) is 7.67. The monoisotopic (exact) mass is 334 g/mol. The highest BCUT2D eigenvalue weighted by atomic mass is 35.5. The minimum Gasteiger partial charge on any atom is -0.496 e. The number of ether oxygens (including phenoxy) is 1. The molecule has 0 radical (unpaired) electrons. The van der Waals surface area contributed by atoms with Gasteiger partial charge < -0.3 is 14.2 Å². The number of hydrogen-bond donors (Lipinski definition) is 0. The number of amides is 1. The Hall–Kier alpha value is -2.01. The first-order chi connectivity index (χ1) is 11.2. The van der Waals surface area contributed by atoms with Gasteiger partial charge in [-0.2, -0.15) is 0 Å². The van der Waals surface area contributed by atoms with Gasteiger partial charge in [0.05, 0.1) is 19.2 Å². The molecular formula is C17H19ClN2O3. The lowest BCUT2D eigenvalue weighted by atomic mass is 10.1. The van der Waals surface area contributed by atoms with Gasteiger partial charge in [0.2, 0.25) is 5.91 Å². The average Bonchev–Trinajstić information content (AvgIpc) is 3.31. The van der Waals surface area contributed by atoms with E-state index in [0.29, 0.717) is 30.6 Å². The first kappa shape index (κ1) is 15.9. The third kappa shape index (κ3) is 3.67. The van der Waals surface area contributed by atoms with E-state index in [-0.39, 0.29) is 5.91 Å². The maximum atomic E-state index is 12.2. The largest absolute Gasteiger partial charge is 0.496 e. The second kappa shape index (κ2) is 7.04. The minimum atomic E-state index is 0.0735. The van der Waals surface area contributed by atoms with E-state index in [1.165, 1.54) is 0 Å². The number of rotatable bonds is 7. The van der Waals surface area contributed by atoms with Crippen LogP contribution in [-0.2, 0) is 11.3 Å². The average molecular weight is 335 g/mol. The number of benzene rings is 1. The number of methoxy groups -OCH3 is 1. The summed E-state index contributed by atoms with van der Waals surface area (Å²) in [6.45, 7) is 0.457. The van der Waals surface area contributed by atoms with Crippen molar-refractivity contribution in [1.29, 1.82) is 0 Å². The lowest BCUT2D eigenvalue weighted by Gasteiger charge is -2.20. The summed E-state index contributed by atoms with van der Waals surface area (Å²) in [5, 5.41) is 4.10. The zero-order valence-corrected chi connectivity index (χ0v) is 13.8. The molecule has 0 aliphatic heterocycles. The smallest absolute Gasteiger partial charge is 0.224 e. The molecule has 1 fully saturated rings. The van der Waals surface area contributed by atoms with Gasteiger partial charge in [-0.25, -0.2) is 0 Å². The van der Waals surface area contributed by atoms with Gasteiger partial charge in [-0.3, -0.25) is 4.79 Å². The molecule has 0 spiro atoms. The molecule has 1 aliphatic rings. The van der Waals surface area contributed by atoms with Crippen LogP contribution in [0.15, 0.2) is 34.9 Å². The molecule has 1 aromatic heterocycles. The Morgan fingerprint density at radius 2 is 2.22 bits per heavy atom. The maximum absolute atomic E-state index is 12.2. The van der Waals surface area contributed by atoms with Crippen LogP contribution in [-0.4, -0.2) is 35.0 Å². The molecule has 1 saturated carbocycles. The van der Waals surface area contributed by atoms with Gasteiger partial charge in [-0.05, 0) is 25.0 Å². The molecule has 122 valence electrons. The third-order valence-electron chi connectivity index (χ3n) is 3.88. The van der Waals surface area contributed by atoms with Gasteiger partial charge in [0.15, 0.2) is 5.76 Å². The molecule has 0 unspecified atom stereocenters. The van der Waals surface area contributed by atoms with Crippen molar-refractivity contribution >= 4 is 17.5 Å². The Labute approximate surface area is 140 Å². The van der Waals surface area contributed by atoms with E-state index >= 15 is 0 Å². The van der Waals surface area contributed by atoms with Gasteiger partial charge in [-0.15, -0.1) is 11.6 Å². The molecule has 2 aromatic rings. The van der Waals surface area contributed by atoms with Crippen molar-refractivity contribution in [1.82, 2.24) is 10.1 Å². The first-order valence-corrected chi connectivity index (χ1v) is 8.20. The van der Waals surface area contributed by atoms with Gasteiger partial charge in [-0.1, -0.05) is 17.3 Å². The predicted octanol–water partition coefficient (Wildman–Crippen LogP) is 3.47. The standard InChI is InChI=1S/C17H19ClN2O3/c1-22-15-5-3-2-4-14(15)16-10-12(19-23-16)11-20(13-6-7-13)17(21)8-9-18/h2-5,10,13H,6-9,11H2,1H3. The molecule has 0 N–H and O–H groups in total. The molecule has 1 aliphatic carbocycles. The molecule has 6 heteroatoms. The van der Waals surface area contributed by atoms with Gasteiger partial charge in [0.1, 0.15) is 11.4 Å². The number of halogens is 1. The molecular weight excluding hydrogens is 316 g/mol. The number of aromatic nitrogens is 1. The molecule has 0 bridgehead atoms. The fraction of sp³-hybridized carbons (Fsp3) is 0.412. The Morgan fingerprint density at radius 3 is 2.91 bits per heavy atom. The van der Waals surface area contributed by atoms with Crippen molar-refractivity contribution in [3.63, 3.8) is 0 Å². The molecule has 23 heavy (non-hydrogen) atoms. The van der Waals surface area contributed by atoms with E-state index in [1.54, 1.807) is 7.11 Å². The molecule has 0 atom stereocenters. The Balaban J connectivity index is 1.77. The SMILES string of the molecule is COc1ccccc1-c1cc(CN(C(=O)CCCl)C2CC2)no1. The summed E-state index contributed by atoms with van der Waals surface area (Å²) in [5.74, 6) is 1.78.